The molecule has 98 valence electrons. The molecular formula is C14H19NO3. The van der Waals surface area contributed by atoms with E-state index in [2.05, 4.69) is 0 Å². The summed E-state index contributed by atoms with van der Waals surface area (Å²) in [5, 5.41) is 9.99. The second-order valence-electron chi connectivity index (χ2n) is 5.67. The molecule has 1 atom stereocenters. The Hall–Kier alpha value is -1.55. The smallest absolute Gasteiger partial charge is 0.416 e. The topological polar surface area (TPSA) is 49.8 Å². The Morgan fingerprint density at radius 1 is 1.44 bits per heavy atom. The Kier molecular flexibility index (Phi) is 3.07. The molecule has 0 bridgehead atoms. The first-order valence-electron chi connectivity index (χ1n) is 6.08. The zero-order valence-corrected chi connectivity index (χ0v) is 11.2. The van der Waals surface area contributed by atoms with Crippen LogP contribution in [0.1, 0.15) is 31.9 Å². The predicted molar refractivity (Wildman–Crippen MR) is 69.6 cm³/mol. The number of fused-ring (bicyclic) bond motifs is 1. The Morgan fingerprint density at radius 2 is 2.11 bits per heavy atom. The number of hydrogen-bond acceptors (Lipinski definition) is 3. The zero-order valence-electron chi connectivity index (χ0n) is 11.2. The average Bonchev–Trinajstić information content (AvgIpc) is 2.50. The van der Waals surface area contributed by atoms with Gasteiger partial charge in [0.2, 0.25) is 0 Å². The minimum atomic E-state index is -0.836. The van der Waals surface area contributed by atoms with Gasteiger partial charge in [-0.1, -0.05) is 17.7 Å². The number of rotatable bonds is 0. The minimum absolute atomic E-state index is 0.455. The van der Waals surface area contributed by atoms with E-state index in [0.29, 0.717) is 6.42 Å². The van der Waals surface area contributed by atoms with E-state index in [-0.39, 0.29) is 0 Å². The molecule has 0 spiro atoms. The van der Waals surface area contributed by atoms with E-state index in [9.17, 15) is 9.90 Å². The van der Waals surface area contributed by atoms with Gasteiger partial charge in [-0.2, -0.15) is 0 Å². The van der Waals surface area contributed by atoms with Crippen LogP contribution in [-0.2, 0) is 11.2 Å². The fourth-order valence-electron chi connectivity index (χ4n) is 2.09. The summed E-state index contributed by atoms with van der Waals surface area (Å²) in [5.74, 6) is 0. The summed E-state index contributed by atoms with van der Waals surface area (Å²) in [7, 11) is 0. The summed E-state index contributed by atoms with van der Waals surface area (Å²) >= 11 is 0. The summed E-state index contributed by atoms with van der Waals surface area (Å²) in [6.07, 6.45) is -0.884. The quantitative estimate of drug-likeness (QED) is 0.769. The molecule has 4 nitrogen and oxygen atoms in total. The number of carbonyl (C=O) groups excluding carboxylic acids is 1. The monoisotopic (exact) mass is 249 g/mol. The van der Waals surface area contributed by atoms with Crippen molar-refractivity contribution in [3.63, 3.8) is 0 Å². The fraction of sp³-hybridized carbons (Fsp3) is 0.500. The average molecular weight is 249 g/mol. The standard InChI is InChI=1S/C14H19NO3/c1-9-5-6-11-10(7-9)8-12(16)15(11)13(17)18-14(2,3)4/h5-7,12,16H,8H2,1-4H3. The fourth-order valence-corrected chi connectivity index (χ4v) is 2.09. The van der Waals surface area contributed by atoms with Gasteiger partial charge in [-0.3, -0.25) is 4.90 Å². The van der Waals surface area contributed by atoms with Crippen molar-refractivity contribution in [1.29, 1.82) is 0 Å². The number of benzene rings is 1. The summed E-state index contributed by atoms with van der Waals surface area (Å²) in [6, 6.07) is 5.77. The molecule has 1 aliphatic rings. The van der Waals surface area contributed by atoms with Gasteiger partial charge in [0, 0.05) is 6.42 Å². The molecule has 1 amide bonds. The third-order valence-electron chi connectivity index (χ3n) is 2.79. The number of anilines is 1. The van der Waals surface area contributed by atoms with Crippen molar-refractivity contribution >= 4 is 11.8 Å². The van der Waals surface area contributed by atoms with E-state index in [0.717, 1.165) is 16.8 Å². The summed E-state index contributed by atoms with van der Waals surface area (Å²) < 4.78 is 5.31. The van der Waals surface area contributed by atoms with Crippen molar-refractivity contribution in [2.75, 3.05) is 4.90 Å². The van der Waals surface area contributed by atoms with Crippen molar-refractivity contribution in [3.05, 3.63) is 29.3 Å². The lowest BCUT2D eigenvalue weighted by Gasteiger charge is -2.26. The van der Waals surface area contributed by atoms with Gasteiger partial charge in [0.1, 0.15) is 11.8 Å². The number of hydrogen-bond donors (Lipinski definition) is 1. The third-order valence-corrected chi connectivity index (χ3v) is 2.79. The number of aliphatic hydroxyl groups is 1. The number of nitrogens with zero attached hydrogens (tertiary/aromatic N) is 1. The van der Waals surface area contributed by atoms with Crippen LogP contribution in [0.3, 0.4) is 0 Å². The number of aryl methyl sites for hydroxylation is 1. The molecule has 1 aromatic carbocycles. The molecule has 1 N–H and O–H groups in total. The highest BCUT2D eigenvalue weighted by Crippen LogP contribution is 2.33. The molecule has 0 radical (unpaired) electrons. The van der Waals surface area contributed by atoms with Crippen LogP contribution >= 0.6 is 0 Å². The van der Waals surface area contributed by atoms with Gasteiger partial charge in [-0.05, 0) is 39.3 Å². The number of amides is 1. The van der Waals surface area contributed by atoms with Gasteiger partial charge in [0.25, 0.3) is 0 Å². The van der Waals surface area contributed by atoms with Crippen LogP contribution in [0.25, 0.3) is 0 Å². The van der Waals surface area contributed by atoms with Gasteiger partial charge in [0.15, 0.2) is 0 Å². The SMILES string of the molecule is Cc1ccc2c(c1)CC(O)N2C(=O)OC(C)(C)C. The molecule has 0 fully saturated rings. The van der Waals surface area contributed by atoms with E-state index in [4.69, 9.17) is 4.74 Å². The zero-order chi connectivity index (χ0) is 13.5. The van der Waals surface area contributed by atoms with E-state index in [1.165, 1.54) is 4.90 Å². The Morgan fingerprint density at radius 3 is 2.72 bits per heavy atom. The second-order valence-corrected chi connectivity index (χ2v) is 5.67. The van der Waals surface area contributed by atoms with Gasteiger partial charge in [-0.25, -0.2) is 4.79 Å². The van der Waals surface area contributed by atoms with Gasteiger partial charge in [-0.15, -0.1) is 0 Å². The molecular weight excluding hydrogens is 230 g/mol. The highest BCUT2D eigenvalue weighted by Gasteiger charge is 2.35. The third kappa shape index (κ3) is 2.48. The summed E-state index contributed by atoms with van der Waals surface area (Å²) in [5.41, 5.74) is 2.27. The van der Waals surface area contributed by atoms with Crippen LogP contribution < -0.4 is 4.90 Å². The van der Waals surface area contributed by atoms with Crippen LogP contribution in [0.4, 0.5) is 10.5 Å². The maximum atomic E-state index is 12.1. The molecule has 1 unspecified atom stereocenters. The van der Waals surface area contributed by atoms with Crippen molar-refractivity contribution in [1.82, 2.24) is 0 Å². The number of carbonyl (C=O) groups is 1. The minimum Gasteiger partial charge on any atom is -0.443 e. The molecule has 4 heteroatoms. The molecule has 0 aliphatic carbocycles. The maximum Gasteiger partial charge on any atom is 0.416 e. The normalized spacial score (nSPS) is 18.7. The predicted octanol–water partition coefficient (Wildman–Crippen LogP) is 2.61. The van der Waals surface area contributed by atoms with Crippen molar-refractivity contribution in [3.8, 4) is 0 Å². The van der Waals surface area contributed by atoms with Crippen LogP contribution in [-0.4, -0.2) is 23.0 Å². The van der Waals surface area contributed by atoms with Gasteiger partial charge < -0.3 is 9.84 Å². The van der Waals surface area contributed by atoms with Gasteiger partial charge >= 0.3 is 6.09 Å². The van der Waals surface area contributed by atoms with E-state index in [1.54, 1.807) is 0 Å². The largest absolute Gasteiger partial charge is 0.443 e. The molecule has 0 aromatic heterocycles. The van der Waals surface area contributed by atoms with Crippen molar-refractivity contribution in [2.45, 2.75) is 45.9 Å². The number of aliphatic hydroxyl groups excluding tert-OH is 1. The molecule has 18 heavy (non-hydrogen) atoms. The lowest BCUT2D eigenvalue weighted by atomic mass is 10.1. The van der Waals surface area contributed by atoms with Crippen LogP contribution in [0.2, 0.25) is 0 Å². The van der Waals surface area contributed by atoms with Crippen LogP contribution in [0, 0.1) is 6.92 Å². The second kappa shape index (κ2) is 4.28. The lowest BCUT2D eigenvalue weighted by Crippen LogP contribution is -2.41. The molecule has 1 aliphatic heterocycles. The van der Waals surface area contributed by atoms with Crippen LogP contribution in [0.15, 0.2) is 18.2 Å². The Balaban J connectivity index is 2.28. The first-order valence-corrected chi connectivity index (χ1v) is 6.08. The Bertz CT molecular complexity index is 476. The first-order chi connectivity index (χ1) is 8.28. The lowest BCUT2D eigenvalue weighted by molar-refractivity contribution is 0.0490. The maximum absolute atomic E-state index is 12.1. The highest BCUT2D eigenvalue weighted by molar-refractivity contribution is 5.91. The van der Waals surface area contributed by atoms with E-state index in [1.807, 2.05) is 45.9 Å². The first kappa shape index (κ1) is 12.9. The molecule has 0 saturated heterocycles. The highest BCUT2D eigenvalue weighted by atomic mass is 16.6. The van der Waals surface area contributed by atoms with Crippen molar-refractivity contribution < 1.29 is 14.6 Å². The van der Waals surface area contributed by atoms with Crippen LogP contribution in [0.5, 0.6) is 0 Å². The van der Waals surface area contributed by atoms with Gasteiger partial charge in [0.05, 0.1) is 5.69 Å². The summed E-state index contributed by atoms with van der Waals surface area (Å²) in [6.45, 7) is 7.42. The molecule has 2 rings (SSSR count). The number of ether oxygens (including phenoxy) is 1. The van der Waals surface area contributed by atoms with Crippen molar-refractivity contribution in [2.24, 2.45) is 0 Å². The van der Waals surface area contributed by atoms with E-state index < -0.39 is 17.9 Å². The van der Waals surface area contributed by atoms with E-state index >= 15 is 0 Å². The molecule has 1 heterocycles. The summed E-state index contributed by atoms with van der Waals surface area (Å²) in [4.78, 5) is 13.4. The Labute approximate surface area is 107 Å². The molecule has 0 saturated carbocycles. The molecule has 1 aromatic rings.